The van der Waals surface area contributed by atoms with Crippen molar-refractivity contribution in [3.63, 3.8) is 0 Å². The van der Waals surface area contributed by atoms with Crippen LogP contribution in [-0.4, -0.2) is 30.7 Å². The molecule has 212 valence electrons. The summed E-state index contributed by atoms with van der Waals surface area (Å²) in [5, 5.41) is 1.73. The summed E-state index contributed by atoms with van der Waals surface area (Å²) in [4.78, 5) is 24.5. The van der Waals surface area contributed by atoms with Crippen LogP contribution in [0.1, 0.15) is 30.9 Å². The molecular formula is C28H28Cl4N4O3S. The van der Waals surface area contributed by atoms with Gasteiger partial charge in [-0.1, -0.05) is 71.9 Å². The number of aliphatic imine (C=N–C) groups is 1. The SMILES string of the molecule is CCCCOc1ccc(C)cc1SC1C(=O)N(c2c(Cl)cc(Cl)cc2Cl)NC1=Nc1cc(CNOC)ccc1Cl. The highest BCUT2D eigenvalue weighted by molar-refractivity contribution is 8.01. The van der Waals surface area contributed by atoms with E-state index in [1.807, 2.05) is 37.3 Å². The smallest absolute Gasteiger partial charge is 0.267 e. The molecule has 0 aromatic heterocycles. The lowest BCUT2D eigenvalue weighted by atomic mass is 10.2. The number of carbonyl (C=O) groups is 1. The molecule has 0 aliphatic carbocycles. The van der Waals surface area contributed by atoms with Gasteiger partial charge in [0.1, 0.15) is 22.5 Å². The standard InChI is InChI=1S/C28H28Cl4N4O3S/c1-4-5-10-39-23-9-6-16(2)11-24(23)40-26-27(34-22-12-17(15-33-38-3)7-8-19(22)30)35-36(28(26)37)25-20(31)13-18(29)14-21(25)32/h6-9,11-14,26,33H,4-5,10,15H2,1-3H3,(H,34,35). The van der Waals surface area contributed by atoms with Crippen LogP contribution in [0.3, 0.4) is 0 Å². The predicted molar refractivity (Wildman–Crippen MR) is 166 cm³/mol. The molecule has 0 radical (unpaired) electrons. The Morgan fingerprint density at radius 3 is 2.50 bits per heavy atom. The van der Waals surface area contributed by atoms with E-state index in [0.717, 1.165) is 28.9 Å². The van der Waals surface area contributed by atoms with Crippen molar-refractivity contribution in [2.75, 3.05) is 18.7 Å². The maximum atomic E-state index is 14.0. The molecule has 0 spiro atoms. The highest BCUT2D eigenvalue weighted by atomic mass is 35.5. The van der Waals surface area contributed by atoms with Gasteiger partial charge in [-0.2, -0.15) is 5.48 Å². The topological polar surface area (TPSA) is 75.2 Å². The first kappa shape index (κ1) is 30.8. The Bertz CT molecular complexity index is 1400. The van der Waals surface area contributed by atoms with Gasteiger partial charge in [-0.15, -0.1) is 11.8 Å². The third kappa shape index (κ3) is 7.36. The zero-order valence-electron chi connectivity index (χ0n) is 22.1. The first-order chi connectivity index (χ1) is 19.2. The summed E-state index contributed by atoms with van der Waals surface area (Å²) in [5.74, 6) is 0.740. The molecule has 2 N–H and O–H groups in total. The number of hydroxylamine groups is 1. The number of nitrogens with zero attached hydrogens (tertiary/aromatic N) is 2. The van der Waals surface area contributed by atoms with E-state index in [4.69, 9.17) is 61.0 Å². The van der Waals surface area contributed by atoms with E-state index in [2.05, 4.69) is 17.8 Å². The summed E-state index contributed by atoms with van der Waals surface area (Å²) in [6, 6.07) is 14.4. The lowest BCUT2D eigenvalue weighted by molar-refractivity contribution is -0.116. The number of carbonyl (C=O) groups excluding carboxylic acids is 1. The van der Waals surface area contributed by atoms with Gasteiger partial charge in [0, 0.05) is 11.6 Å². The highest BCUT2D eigenvalue weighted by Crippen LogP contribution is 2.42. The molecule has 12 heteroatoms. The van der Waals surface area contributed by atoms with Crippen LogP contribution in [0.4, 0.5) is 11.4 Å². The number of amides is 1. The van der Waals surface area contributed by atoms with E-state index in [1.165, 1.54) is 28.9 Å². The first-order valence-corrected chi connectivity index (χ1v) is 14.9. The van der Waals surface area contributed by atoms with Gasteiger partial charge < -0.3 is 9.57 Å². The van der Waals surface area contributed by atoms with Crippen LogP contribution in [0.25, 0.3) is 0 Å². The number of amidine groups is 1. The number of hydrazine groups is 1. The summed E-state index contributed by atoms with van der Waals surface area (Å²) >= 11 is 27.0. The number of hydrogen-bond acceptors (Lipinski definition) is 6. The number of hydrogen-bond donors (Lipinski definition) is 2. The van der Waals surface area contributed by atoms with Crippen molar-refractivity contribution in [2.24, 2.45) is 4.99 Å². The Hall–Kier alpha value is -2.17. The van der Waals surface area contributed by atoms with Crippen molar-refractivity contribution in [2.45, 2.75) is 43.4 Å². The molecule has 0 saturated carbocycles. The average Bonchev–Trinajstić information content (AvgIpc) is 3.19. The second-order valence-electron chi connectivity index (χ2n) is 8.96. The van der Waals surface area contributed by atoms with Crippen LogP contribution in [0.15, 0.2) is 58.4 Å². The zero-order chi connectivity index (χ0) is 28.8. The van der Waals surface area contributed by atoms with E-state index < -0.39 is 5.25 Å². The van der Waals surface area contributed by atoms with Crippen molar-refractivity contribution >= 4 is 81.3 Å². The number of halogens is 4. The minimum atomic E-state index is -0.782. The number of nitrogens with one attached hydrogen (secondary N) is 2. The van der Waals surface area contributed by atoms with Gasteiger partial charge in [-0.3, -0.25) is 10.2 Å². The summed E-state index contributed by atoms with van der Waals surface area (Å²) in [6.45, 7) is 5.11. The molecule has 1 aliphatic heterocycles. The quantitative estimate of drug-likeness (QED) is 0.162. The van der Waals surface area contributed by atoms with Gasteiger partial charge in [0.25, 0.3) is 5.91 Å². The molecule has 1 atom stereocenters. The van der Waals surface area contributed by atoms with Gasteiger partial charge in [0.05, 0.1) is 39.4 Å². The molecule has 0 bridgehead atoms. The Labute approximate surface area is 258 Å². The first-order valence-electron chi connectivity index (χ1n) is 12.5. The van der Waals surface area contributed by atoms with E-state index in [-0.39, 0.29) is 21.6 Å². The lowest BCUT2D eigenvalue weighted by Crippen LogP contribution is -2.36. The van der Waals surface area contributed by atoms with E-state index in [1.54, 1.807) is 13.2 Å². The summed E-state index contributed by atoms with van der Waals surface area (Å²) in [6.07, 6.45) is 1.93. The molecule has 3 aromatic carbocycles. The molecular weight excluding hydrogens is 614 g/mol. The Morgan fingerprint density at radius 1 is 1.05 bits per heavy atom. The number of benzene rings is 3. The van der Waals surface area contributed by atoms with Gasteiger partial charge >= 0.3 is 0 Å². The van der Waals surface area contributed by atoms with E-state index in [9.17, 15) is 4.79 Å². The second-order valence-corrected chi connectivity index (χ2v) is 11.8. The molecule has 40 heavy (non-hydrogen) atoms. The molecule has 1 saturated heterocycles. The minimum absolute atomic E-state index is 0.216. The Balaban J connectivity index is 1.77. The maximum Gasteiger partial charge on any atom is 0.267 e. The number of unbranched alkanes of at least 4 members (excludes halogenated alkanes) is 1. The number of aryl methyl sites for hydroxylation is 1. The third-order valence-electron chi connectivity index (χ3n) is 5.90. The fraction of sp³-hybridized carbons (Fsp3) is 0.286. The normalized spacial score (nSPS) is 16.1. The van der Waals surface area contributed by atoms with E-state index >= 15 is 0 Å². The molecule has 1 aliphatic rings. The van der Waals surface area contributed by atoms with Crippen molar-refractivity contribution in [3.05, 3.63) is 79.7 Å². The van der Waals surface area contributed by atoms with Gasteiger partial charge in [0.15, 0.2) is 0 Å². The van der Waals surface area contributed by atoms with Crippen LogP contribution in [-0.2, 0) is 16.2 Å². The second kappa shape index (κ2) is 14.1. The van der Waals surface area contributed by atoms with Crippen LogP contribution in [0.5, 0.6) is 5.75 Å². The molecule has 4 rings (SSSR count). The molecule has 1 fully saturated rings. The van der Waals surface area contributed by atoms with Crippen molar-refractivity contribution in [1.82, 2.24) is 10.9 Å². The molecule has 1 unspecified atom stereocenters. The van der Waals surface area contributed by atoms with Crippen LogP contribution in [0.2, 0.25) is 20.1 Å². The van der Waals surface area contributed by atoms with Crippen molar-refractivity contribution in [1.29, 1.82) is 0 Å². The van der Waals surface area contributed by atoms with Crippen molar-refractivity contribution in [3.8, 4) is 5.75 Å². The molecule has 1 heterocycles. The van der Waals surface area contributed by atoms with Crippen molar-refractivity contribution < 1.29 is 14.4 Å². The van der Waals surface area contributed by atoms with E-state index in [0.29, 0.717) is 40.5 Å². The number of rotatable bonds is 11. The predicted octanol–water partition coefficient (Wildman–Crippen LogP) is 8.18. The fourth-order valence-corrected chi connectivity index (χ4v) is 6.21. The van der Waals surface area contributed by atoms with Gasteiger partial charge in [-0.25, -0.2) is 10.0 Å². The summed E-state index contributed by atoms with van der Waals surface area (Å²) in [7, 11) is 1.54. The summed E-state index contributed by atoms with van der Waals surface area (Å²) in [5.41, 5.74) is 8.61. The monoisotopic (exact) mass is 640 g/mol. The maximum absolute atomic E-state index is 14.0. The van der Waals surface area contributed by atoms with Crippen LogP contribution >= 0.6 is 58.2 Å². The minimum Gasteiger partial charge on any atom is -0.492 e. The number of anilines is 1. The van der Waals surface area contributed by atoms with Crippen LogP contribution in [0, 0.1) is 6.92 Å². The lowest BCUT2D eigenvalue weighted by Gasteiger charge is -2.19. The largest absolute Gasteiger partial charge is 0.492 e. The Morgan fingerprint density at radius 2 is 1.80 bits per heavy atom. The van der Waals surface area contributed by atoms with Gasteiger partial charge in [-0.05, 0) is 60.9 Å². The zero-order valence-corrected chi connectivity index (χ0v) is 25.9. The molecule has 3 aromatic rings. The Kier molecular flexibility index (Phi) is 10.9. The average molecular weight is 642 g/mol. The number of ether oxygens (including phenoxy) is 1. The van der Waals surface area contributed by atoms with Crippen LogP contribution < -0.4 is 20.7 Å². The molecule has 7 nitrogen and oxygen atoms in total. The summed E-state index contributed by atoms with van der Waals surface area (Å²) < 4.78 is 6.06. The molecule has 1 amide bonds. The third-order valence-corrected chi connectivity index (χ3v) is 8.24. The number of thioether (sulfide) groups is 1. The fourth-order valence-electron chi connectivity index (χ4n) is 3.89. The highest BCUT2D eigenvalue weighted by Gasteiger charge is 2.41. The van der Waals surface area contributed by atoms with Gasteiger partial charge in [0.2, 0.25) is 0 Å².